The lowest BCUT2D eigenvalue weighted by Gasteiger charge is -2.19. The fraction of sp³-hybridized carbons (Fsp3) is 0.438. The summed E-state index contributed by atoms with van der Waals surface area (Å²) in [5, 5.41) is 3.52. The molecule has 1 aromatic heterocycles. The van der Waals surface area contributed by atoms with Gasteiger partial charge in [0.1, 0.15) is 0 Å². The lowest BCUT2D eigenvalue weighted by Crippen LogP contribution is -2.31. The first-order valence-corrected chi connectivity index (χ1v) is 7.30. The summed E-state index contributed by atoms with van der Waals surface area (Å²) < 4.78 is 3.51. The van der Waals surface area contributed by atoms with E-state index < -0.39 is 0 Å². The summed E-state index contributed by atoms with van der Waals surface area (Å²) in [5.41, 5.74) is 1.28. The Balaban J connectivity index is 2.19. The molecule has 0 aliphatic carbocycles. The largest absolute Gasteiger partial charge is 0.328 e. The quantitative estimate of drug-likeness (QED) is 0.841. The first-order chi connectivity index (χ1) is 9.76. The first kappa shape index (κ1) is 14.6. The van der Waals surface area contributed by atoms with Crippen LogP contribution in [0.3, 0.4) is 0 Å². The van der Waals surface area contributed by atoms with Crippen molar-refractivity contribution >= 4 is 0 Å². The molecule has 0 saturated heterocycles. The monoisotopic (exact) mass is 273 g/mol. The second-order valence-corrected chi connectivity index (χ2v) is 4.94. The van der Waals surface area contributed by atoms with E-state index in [1.807, 2.05) is 37.5 Å². The van der Waals surface area contributed by atoms with E-state index in [1.165, 1.54) is 5.56 Å². The number of hydrogen-bond donors (Lipinski definition) is 1. The molecule has 0 fully saturated rings. The number of nitrogens with one attached hydrogen (secondary N) is 1. The third-order valence-electron chi connectivity index (χ3n) is 3.48. The van der Waals surface area contributed by atoms with E-state index in [1.54, 1.807) is 9.13 Å². The lowest BCUT2D eigenvalue weighted by molar-refractivity contribution is 0.452. The molecular weight excluding hydrogens is 250 g/mol. The van der Waals surface area contributed by atoms with E-state index in [0.717, 1.165) is 13.0 Å². The molecule has 0 aliphatic heterocycles. The average molecular weight is 273 g/mol. The van der Waals surface area contributed by atoms with Gasteiger partial charge in [-0.25, -0.2) is 4.79 Å². The van der Waals surface area contributed by atoms with Gasteiger partial charge in [-0.05, 0) is 25.5 Å². The van der Waals surface area contributed by atoms with Gasteiger partial charge in [-0.3, -0.25) is 9.13 Å². The molecule has 0 spiro atoms. The van der Waals surface area contributed by atoms with Crippen molar-refractivity contribution in [3.8, 4) is 0 Å². The van der Waals surface area contributed by atoms with Gasteiger partial charge in [0.2, 0.25) is 0 Å². The molecule has 1 atom stereocenters. The van der Waals surface area contributed by atoms with Crippen LogP contribution in [0.2, 0.25) is 0 Å². The van der Waals surface area contributed by atoms with Gasteiger partial charge in [0, 0.05) is 25.5 Å². The minimum absolute atomic E-state index is 0.0618. The number of nitrogens with zero attached hydrogens (tertiary/aromatic N) is 2. The molecule has 0 bridgehead atoms. The summed E-state index contributed by atoms with van der Waals surface area (Å²) in [4.78, 5) is 12.1. The van der Waals surface area contributed by atoms with Gasteiger partial charge < -0.3 is 5.32 Å². The maximum absolute atomic E-state index is 12.1. The van der Waals surface area contributed by atoms with E-state index in [4.69, 9.17) is 0 Å². The van der Waals surface area contributed by atoms with Crippen LogP contribution in [-0.4, -0.2) is 15.7 Å². The van der Waals surface area contributed by atoms with Crippen molar-refractivity contribution in [2.45, 2.75) is 39.4 Å². The van der Waals surface area contributed by atoms with Crippen molar-refractivity contribution in [3.63, 3.8) is 0 Å². The third kappa shape index (κ3) is 3.39. The van der Waals surface area contributed by atoms with Gasteiger partial charge in [-0.15, -0.1) is 0 Å². The van der Waals surface area contributed by atoms with Crippen LogP contribution in [0.4, 0.5) is 0 Å². The van der Waals surface area contributed by atoms with Crippen molar-refractivity contribution in [2.24, 2.45) is 0 Å². The van der Waals surface area contributed by atoms with Gasteiger partial charge in [-0.2, -0.15) is 0 Å². The molecule has 1 heterocycles. The molecule has 2 aromatic rings. The van der Waals surface area contributed by atoms with E-state index in [-0.39, 0.29) is 11.7 Å². The topological polar surface area (TPSA) is 39.0 Å². The second kappa shape index (κ2) is 7.10. The molecule has 1 unspecified atom stereocenters. The fourth-order valence-electron chi connectivity index (χ4n) is 2.32. The molecular formula is C16H23N3O. The highest BCUT2D eigenvalue weighted by atomic mass is 16.1. The molecule has 4 heteroatoms. The predicted molar refractivity (Wildman–Crippen MR) is 81.8 cm³/mol. The van der Waals surface area contributed by atoms with Gasteiger partial charge in [0.05, 0.1) is 6.04 Å². The molecule has 20 heavy (non-hydrogen) atoms. The molecule has 1 aromatic carbocycles. The predicted octanol–water partition coefficient (Wildman–Crippen LogP) is 2.41. The van der Waals surface area contributed by atoms with Gasteiger partial charge in [-0.1, -0.05) is 37.3 Å². The molecule has 4 nitrogen and oxygen atoms in total. The number of rotatable bonds is 7. The van der Waals surface area contributed by atoms with Gasteiger partial charge in [0.25, 0.3) is 0 Å². The Labute approximate surface area is 120 Å². The Hall–Kier alpha value is -1.81. The maximum Gasteiger partial charge on any atom is 0.328 e. The molecule has 1 N–H and O–H groups in total. The van der Waals surface area contributed by atoms with E-state index in [9.17, 15) is 4.79 Å². The minimum Gasteiger partial charge on any atom is -0.308 e. The summed E-state index contributed by atoms with van der Waals surface area (Å²) in [7, 11) is 0. The molecule has 0 aliphatic rings. The van der Waals surface area contributed by atoms with Crippen LogP contribution in [0.15, 0.2) is 47.5 Å². The summed E-state index contributed by atoms with van der Waals surface area (Å²) >= 11 is 0. The molecule has 0 radical (unpaired) electrons. The Morgan fingerprint density at radius 2 is 1.80 bits per heavy atom. The van der Waals surface area contributed by atoms with Crippen molar-refractivity contribution in [1.29, 1.82) is 0 Å². The minimum atomic E-state index is 0.0618. The summed E-state index contributed by atoms with van der Waals surface area (Å²) in [6.45, 7) is 6.45. The highest BCUT2D eigenvalue weighted by molar-refractivity contribution is 5.18. The van der Waals surface area contributed by atoms with E-state index >= 15 is 0 Å². The normalized spacial score (nSPS) is 12.5. The summed E-state index contributed by atoms with van der Waals surface area (Å²) in [6.07, 6.45) is 4.80. The summed E-state index contributed by atoms with van der Waals surface area (Å²) in [5.74, 6) is 0. The average Bonchev–Trinajstić information content (AvgIpc) is 2.84. The molecule has 0 amide bonds. The number of benzene rings is 1. The van der Waals surface area contributed by atoms with E-state index in [0.29, 0.717) is 13.1 Å². The summed E-state index contributed by atoms with van der Waals surface area (Å²) in [6, 6.07) is 10.5. The number of aryl methyl sites for hydroxylation is 1. The van der Waals surface area contributed by atoms with Crippen molar-refractivity contribution in [3.05, 3.63) is 58.8 Å². The first-order valence-electron chi connectivity index (χ1n) is 7.30. The number of aromatic nitrogens is 2. The Morgan fingerprint density at radius 3 is 2.40 bits per heavy atom. The third-order valence-corrected chi connectivity index (χ3v) is 3.48. The number of hydrogen-bond acceptors (Lipinski definition) is 2. The standard InChI is InChI=1S/C16H23N3O/c1-3-10-17-15(14-8-6-5-7-9-14)13-19-12-11-18(4-2)16(19)20/h5-9,11-12,15,17H,3-4,10,13H2,1-2H3. The smallest absolute Gasteiger partial charge is 0.308 e. The molecule has 108 valence electrons. The highest BCUT2D eigenvalue weighted by Crippen LogP contribution is 2.14. The van der Waals surface area contributed by atoms with E-state index in [2.05, 4.69) is 24.4 Å². The van der Waals surface area contributed by atoms with Gasteiger partial charge >= 0.3 is 5.69 Å². The second-order valence-electron chi connectivity index (χ2n) is 4.94. The van der Waals surface area contributed by atoms with Crippen LogP contribution in [0.5, 0.6) is 0 Å². The number of imidazole rings is 1. The highest BCUT2D eigenvalue weighted by Gasteiger charge is 2.13. The van der Waals surface area contributed by atoms with Crippen LogP contribution in [-0.2, 0) is 13.1 Å². The van der Waals surface area contributed by atoms with Crippen LogP contribution >= 0.6 is 0 Å². The zero-order valence-corrected chi connectivity index (χ0v) is 12.2. The zero-order valence-electron chi connectivity index (χ0n) is 12.2. The Kier molecular flexibility index (Phi) is 5.18. The molecule has 2 rings (SSSR count). The van der Waals surface area contributed by atoms with Crippen LogP contribution in [0, 0.1) is 0 Å². The van der Waals surface area contributed by atoms with Crippen molar-refractivity contribution in [1.82, 2.24) is 14.5 Å². The fourth-order valence-corrected chi connectivity index (χ4v) is 2.32. The van der Waals surface area contributed by atoms with Crippen molar-refractivity contribution < 1.29 is 0 Å². The Bertz CT molecular complexity index is 571. The van der Waals surface area contributed by atoms with Gasteiger partial charge in [0.15, 0.2) is 0 Å². The SMILES string of the molecule is CCCNC(Cn1ccn(CC)c1=O)c1ccccc1. The maximum atomic E-state index is 12.1. The lowest BCUT2D eigenvalue weighted by atomic mass is 10.1. The molecule has 0 saturated carbocycles. The van der Waals surface area contributed by atoms with Crippen LogP contribution < -0.4 is 11.0 Å². The van der Waals surface area contributed by atoms with Crippen LogP contribution in [0.25, 0.3) is 0 Å². The Morgan fingerprint density at radius 1 is 1.10 bits per heavy atom. The van der Waals surface area contributed by atoms with Crippen LogP contribution in [0.1, 0.15) is 31.9 Å². The zero-order chi connectivity index (χ0) is 14.4. The van der Waals surface area contributed by atoms with Crippen molar-refractivity contribution in [2.75, 3.05) is 6.54 Å².